The first-order valence-corrected chi connectivity index (χ1v) is 13.0. The van der Waals surface area contributed by atoms with Crippen LogP contribution < -0.4 is 0 Å². The molecule has 0 bridgehead atoms. The standard InChI is InChI=1S/C27H46O3/c1-6-19-23-15-18(29)11-13-27(23,5)22-12-14-26(4)20(16(2)7-8-17(3)28)9-10-21(26)24(22)25(19)30/h16,18-25,29-30H,6-15H2,1-5H3/t16-,18-,19-,20?,21?,22?,23+,24?,25+,26-,27-/m1/s1. The summed E-state index contributed by atoms with van der Waals surface area (Å²) in [5.74, 6) is 4.06. The number of fused-ring (bicyclic) bond motifs is 5. The molecule has 0 aromatic heterocycles. The maximum absolute atomic E-state index is 11.7. The number of Topliss-reactive ketones (excluding diaryl/α,β-unsaturated/α-hetero) is 1. The molecule has 2 N–H and O–H groups in total. The van der Waals surface area contributed by atoms with E-state index in [1.54, 1.807) is 6.92 Å². The molecule has 0 saturated heterocycles. The fourth-order valence-electron chi connectivity index (χ4n) is 9.56. The van der Waals surface area contributed by atoms with E-state index in [9.17, 15) is 15.0 Å². The third kappa shape index (κ3) is 3.41. The third-order valence-electron chi connectivity index (χ3n) is 11.1. The number of hydrogen-bond donors (Lipinski definition) is 2. The fourth-order valence-corrected chi connectivity index (χ4v) is 9.56. The zero-order valence-corrected chi connectivity index (χ0v) is 20.1. The molecular formula is C27H46O3. The molecule has 172 valence electrons. The summed E-state index contributed by atoms with van der Waals surface area (Å²) in [6.45, 7) is 11.4. The Morgan fingerprint density at radius 2 is 1.67 bits per heavy atom. The quantitative estimate of drug-likeness (QED) is 0.609. The van der Waals surface area contributed by atoms with E-state index >= 15 is 0 Å². The van der Waals surface area contributed by atoms with Crippen molar-refractivity contribution in [2.24, 2.45) is 52.3 Å². The lowest BCUT2D eigenvalue weighted by Gasteiger charge is -2.64. The molecule has 3 heteroatoms. The number of aliphatic hydroxyl groups excluding tert-OH is 2. The van der Waals surface area contributed by atoms with Gasteiger partial charge in [0.15, 0.2) is 0 Å². The minimum atomic E-state index is -0.209. The zero-order chi connectivity index (χ0) is 21.8. The molecule has 0 aromatic carbocycles. The van der Waals surface area contributed by atoms with Crippen molar-refractivity contribution < 1.29 is 15.0 Å². The monoisotopic (exact) mass is 418 g/mol. The largest absolute Gasteiger partial charge is 0.393 e. The second kappa shape index (κ2) is 8.18. The molecule has 0 aromatic rings. The van der Waals surface area contributed by atoms with E-state index in [2.05, 4.69) is 27.7 Å². The van der Waals surface area contributed by atoms with Crippen molar-refractivity contribution in [3.05, 3.63) is 0 Å². The van der Waals surface area contributed by atoms with Crippen LogP contribution in [0.25, 0.3) is 0 Å². The van der Waals surface area contributed by atoms with Crippen LogP contribution in [0, 0.1) is 52.3 Å². The second-order valence-electron chi connectivity index (χ2n) is 12.3. The third-order valence-corrected chi connectivity index (χ3v) is 11.1. The Morgan fingerprint density at radius 1 is 1.00 bits per heavy atom. The van der Waals surface area contributed by atoms with Crippen LogP contribution in [-0.2, 0) is 4.79 Å². The van der Waals surface area contributed by atoms with Gasteiger partial charge in [-0.25, -0.2) is 0 Å². The smallest absolute Gasteiger partial charge is 0.129 e. The Balaban J connectivity index is 1.61. The van der Waals surface area contributed by atoms with E-state index in [1.807, 2.05) is 0 Å². The molecule has 0 radical (unpaired) electrons. The average molecular weight is 419 g/mol. The van der Waals surface area contributed by atoms with Crippen molar-refractivity contribution in [3.8, 4) is 0 Å². The van der Waals surface area contributed by atoms with Gasteiger partial charge in [0.1, 0.15) is 5.78 Å². The van der Waals surface area contributed by atoms with Crippen LogP contribution in [-0.4, -0.2) is 28.2 Å². The molecule has 11 atom stereocenters. The van der Waals surface area contributed by atoms with Crippen molar-refractivity contribution in [2.45, 2.75) is 111 Å². The van der Waals surface area contributed by atoms with Gasteiger partial charge in [-0.15, -0.1) is 0 Å². The molecule has 4 rings (SSSR count). The van der Waals surface area contributed by atoms with Crippen molar-refractivity contribution >= 4 is 5.78 Å². The van der Waals surface area contributed by atoms with Crippen LogP contribution in [0.15, 0.2) is 0 Å². The molecule has 0 aliphatic heterocycles. The molecule has 4 aliphatic rings. The Morgan fingerprint density at radius 3 is 2.33 bits per heavy atom. The van der Waals surface area contributed by atoms with Crippen molar-refractivity contribution in [2.75, 3.05) is 0 Å². The molecule has 4 fully saturated rings. The summed E-state index contributed by atoms with van der Waals surface area (Å²) in [5.41, 5.74) is 0.595. The SMILES string of the molecule is CC[C@H]1[C@H](O)C2C3CCC([C@H](C)CCC(C)=O)[C@@]3(C)CCC2[C@@]2(C)CC[C@@H](O)C[C@@H]12. The van der Waals surface area contributed by atoms with Crippen LogP contribution >= 0.6 is 0 Å². The van der Waals surface area contributed by atoms with Gasteiger partial charge in [0.2, 0.25) is 0 Å². The zero-order valence-electron chi connectivity index (χ0n) is 20.1. The van der Waals surface area contributed by atoms with Gasteiger partial charge in [0.25, 0.3) is 0 Å². The molecule has 4 aliphatic carbocycles. The minimum Gasteiger partial charge on any atom is -0.393 e. The Kier molecular flexibility index (Phi) is 6.21. The van der Waals surface area contributed by atoms with Gasteiger partial charge in [-0.3, -0.25) is 0 Å². The van der Waals surface area contributed by atoms with Gasteiger partial charge in [-0.05, 0) is 111 Å². The lowest BCUT2D eigenvalue weighted by molar-refractivity contribution is -0.203. The first-order valence-electron chi connectivity index (χ1n) is 13.0. The summed E-state index contributed by atoms with van der Waals surface area (Å²) in [6, 6.07) is 0. The van der Waals surface area contributed by atoms with Gasteiger partial charge in [-0.1, -0.05) is 34.1 Å². The van der Waals surface area contributed by atoms with E-state index in [1.165, 1.54) is 25.7 Å². The lowest BCUT2D eigenvalue weighted by Crippen LogP contribution is -2.62. The highest BCUT2D eigenvalue weighted by Gasteiger charge is 2.64. The summed E-state index contributed by atoms with van der Waals surface area (Å²) in [7, 11) is 0. The van der Waals surface area contributed by atoms with Crippen LogP contribution in [0.1, 0.15) is 98.8 Å². The summed E-state index contributed by atoms with van der Waals surface area (Å²) in [6.07, 6.45) is 10.4. The molecule has 30 heavy (non-hydrogen) atoms. The minimum absolute atomic E-state index is 0.173. The first-order chi connectivity index (χ1) is 14.1. The van der Waals surface area contributed by atoms with E-state index in [0.29, 0.717) is 59.0 Å². The van der Waals surface area contributed by atoms with Gasteiger partial charge in [-0.2, -0.15) is 0 Å². The molecule has 0 heterocycles. The highest BCUT2D eigenvalue weighted by atomic mass is 16.3. The predicted molar refractivity (Wildman–Crippen MR) is 121 cm³/mol. The highest BCUT2D eigenvalue weighted by molar-refractivity contribution is 5.75. The second-order valence-corrected chi connectivity index (χ2v) is 12.3. The van der Waals surface area contributed by atoms with Gasteiger partial charge >= 0.3 is 0 Å². The van der Waals surface area contributed by atoms with Crippen LogP contribution in [0.2, 0.25) is 0 Å². The Hall–Kier alpha value is -0.410. The summed E-state index contributed by atoms with van der Waals surface area (Å²) < 4.78 is 0. The number of carbonyl (C=O) groups excluding carboxylic acids is 1. The molecule has 3 nitrogen and oxygen atoms in total. The normalized spacial score (nSPS) is 51.6. The maximum atomic E-state index is 11.7. The van der Waals surface area contributed by atoms with E-state index in [0.717, 1.165) is 32.1 Å². The van der Waals surface area contributed by atoms with Crippen molar-refractivity contribution in [1.82, 2.24) is 0 Å². The van der Waals surface area contributed by atoms with Crippen molar-refractivity contribution in [3.63, 3.8) is 0 Å². The van der Waals surface area contributed by atoms with E-state index < -0.39 is 0 Å². The summed E-state index contributed by atoms with van der Waals surface area (Å²) in [5, 5.41) is 22.2. The number of ketones is 1. The Labute approximate surface area is 184 Å². The van der Waals surface area contributed by atoms with Gasteiger partial charge in [0, 0.05) is 6.42 Å². The molecule has 0 amide bonds. The van der Waals surface area contributed by atoms with Crippen LogP contribution in [0.5, 0.6) is 0 Å². The number of aliphatic hydroxyl groups is 2. The van der Waals surface area contributed by atoms with E-state index in [4.69, 9.17) is 0 Å². The topological polar surface area (TPSA) is 57.5 Å². The number of rotatable bonds is 5. The molecular weight excluding hydrogens is 372 g/mol. The maximum Gasteiger partial charge on any atom is 0.129 e. The van der Waals surface area contributed by atoms with Gasteiger partial charge in [0.05, 0.1) is 12.2 Å². The van der Waals surface area contributed by atoms with Gasteiger partial charge < -0.3 is 15.0 Å². The highest BCUT2D eigenvalue weighted by Crippen LogP contribution is 2.69. The predicted octanol–water partition coefficient (Wildman–Crippen LogP) is 5.62. The average Bonchev–Trinajstić information content (AvgIpc) is 3.05. The first kappa shape index (κ1) is 22.8. The molecule has 4 saturated carbocycles. The number of carbonyl (C=O) groups is 1. The summed E-state index contributed by atoms with van der Waals surface area (Å²) in [4.78, 5) is 11.6. The molecule has 4 unspecified atom stereocenters. The van der Waals surface area contributed by atoms with Crippen LogP contribution in [0.3, 0.4) is 0 Å². The lowest BCUT2D eigenvalue weighted by atomic mass is 9.41. The number of hydrogen-bond acceptors (Lipinski definition) is 3. The van der Waals surface area contributed by atoms with Crippen LogP contribution in [0.4, 0.5) is 0 Å². The van der Waals surface area contributed by atoms with Crippen molar-refractivity contribution in [1.29, 1.82) is 0 Å². The fraction of sp³-hybridized carbons (Fsp3) is 0.963. The Bertz CT molecular complexity index is 646. The summed E-state index contributed by atoms with van der Waals surface area (Å²) >= 11 is 0. The van der Waals surface area contributed by atoms with E-state index in [-0.39, 0.29) is 17.6 Å². The molecule has 0 spiro atoms.